The summed E-state index contributed by atoms with van der Waals surface area (Å²) in [4.78, 5) is 11.7. The van der Waals surface area contributed by atoms with Crippen LogP contribution in [-0.2, 0) is 4.79 Å². The Morgan fingerprint density at radius 2 is 2.24 bits per heavy atom. The van der Waals surface area contributed by atoms with Gasteiger partial charge in [0.1, 0.15) is 5.82 Å². The Labute approximate surface area is 101 Å². The molecule has 1 aromatic carbocycles. The fourth-order valence-corrected chi connectivity index (χ4v) is 1.62. The normalized spacial score (nSPS) is 14.1. The molecule has 94 valence electrons. The molecule has 0 spiro atoms. The third-order valence-corrected chi connectivity index (χ3v) is 2.64. The van der Waals surface area contributed by atoms with Gasteiger partial charge in [-0.3, -0.25) is 4.79 Å². The number of nitrogens with one attached hydrogen (secondary N) is 1. The first-order valence-electron chi connectivity index (χ1n) is 5.86. The van der Waals surface area contributed by atoms with Crippen LogP contribution in [0.4, 0.5) is 4.39 Å². The fraction of sp³-hybridized carbons (Fsp3) is 0.462. The lowest BCUT2D eigenvalue weighted by Gasteiger charge is -2.17. The Morgan fingerprint density at radius 3 is 2.82 bits per heavy atom. The van der Waals surface area contributed by atoms with Crippen LogP contribution in [0.2, 0.25) is 0 Å². The minimum Gasteiger partial charge on any atom is -0.348 e. The van der Waals surface area contributed by atoms with E-state index in [1.54, 1.807) is 12.1 Å². The van der Waals surface area contributed by atoms with Gasteiger partial charge in [0.05, 0.1) is 12.1 Å². The molecule has 0 aromatic heterocycles. The molecule has 4 heteroatoms. The van der Waals surface area contributed by atoms with Crippen LogP contribution in [0.15, 0.2) is 24.3 Å². The molecule has 0 heterocycles. The monoisotopic (exact) mass is 238 g/mol. The predicted molar refractivity (Wildman–Crippen MR) is 65.8 cm³/mol. The van der Waals surface area contributed by atoms with Crippen LogP contribution in [0.1, 0.15) is 38.3 Å². The van der Waals surface area contributed by atoms with E-state index in [0.29, 0.717) is 6.42 Å². The molecule has 0 bridgehead atoms. The number of hydrogen-bond acceptors (Lipinski definition) is 2. The third kappa shape index (κ3) is 4.15. The molecule has 0 unspecified atom stereocenters. The summed E-state index contributed by atoms with van der Waals surface area (Å²) in [6.07, 6.45) is 1.52. The summed E-state index contributed by atoms with van der Waals surface area (Å²) in [5, 5.41) is 2.78. The maximum atomic E-state index is 13.0. The molecule has 0 radical (unpaired) electrons. The molecular formula is C13H19FN2O. The van der Waals surface area contributed by atoms with Crippen molar-refractivity contribution in [1.29, 1.82) is 0 Å². The van der Waals surface area contributed by atoms with Crippen LogP contribution in [-0.4, -0.2) is 11.9 Å². The second kappa shape index (κ2) is 6.35. The number of nitrogens with two attached hydrogens (primary N) is 1. The number of carbonyl (C=O) groups excluding carboxylic acids is 1. The van der Waals surface area contributed by atoms with Crippen molar-refractivity contribution < 1.29 is 9.18 Å². The smallest absolute Gasteiger partial charge is 0.237 e. The zero-order valence-corrected chi connectivity index (χ0v) is 10.2. The lowest BCUT2D eigenvalue weighted by atomic mass is 10.1. The summed E-state index contributed by atoms with van der Waals surface area (Å²) >= 11 is 0. The van der Waals surface area contributed by atoms with Crippen LogP contribution in [0.25, 0.3) is 0 Å². The van der Waals surface area contributed by atoms with Crippen LogP contribution in [0.5, 0.6) is 0 Å². The summed E-state index contributed by atoms with van der Waals surface area (Å²) in [6, 6.07) is 5.47. The van der Waals surface area contributed by atoms with Crippen molar-refractivity contribution in [3.8, 4) is 0 Å². The van der Waals surface area contributed by atoms with Gasteiger partial charge in [-0.15, -0.1) is 0 Å². The summed E-state index contributed by atoms with van der Waals surface area (Å²) in [7, 11) is 0. The standard InChI is InChI=1S/C13H19FN2O/c1-3-5-12(15)13(17)16-9(2)10-6-4-7-11(14)8-10/h4,6-9,12H,3,5,15H2,1-2H3,(H,16,17)/t9-,12-/m1/s1. The molecule has 0 aliphatic rings. The maximum absolute atomic E-state index is 13.0. The zero-order valence-electron chi connectivity index (χ0n) is 10.2. The summed E-state index contributed by atoms with van der Waals surface area (Å²) in [6.45, 7) is 3.79. The highest BCUT2D eigenvalue weighted by Crippen LogP contribution is 2.13. The van der Waals surface area contributed by atoms with Gasteiger partial charge in [-0.2, -0.15) is 0 Å². The van der Waals surface area contributed by atoms with Crippen molar-refractivity contribution in [1.82, 2.24) is 5.32 Å². The molecule has 17 heavy (non-hydrogen) atoms. The molecule has 3 nitrogen and oxygen atoms in total. The first-order chi connectivity index (χ1) is 8.04. The number of amides is 1. The molecular weight excluding hydrogens is 219 g/mol. The summed E-state index contributed by atoms with van der Waals surface area (Å²) in [5.74, 6) is -0.495. The number of halogens is 1. The third-order valence-electron chi connectivity index (χ3n) is 2.64. The van der Waals surface area contributed by atoms with Gasteiger partial charge in [0.15, 0.2) is 0 Å². The van der Waals surface area contributed by atoms with Crippen molar-refractivity contribution in [3.05, 3.63) is 35.6 Å². The second-order valence-corrected chi connectivity index (χ2v) is 4.18. The fourth-order valence-electron chi connectivity index (χ4n) is 1.62. The molecule has 1 rings (SSSR count). The van der Waals surface area contributed by atoms with E-state index in [0.717, 1.165) is 12.0 Å². The highest BCUT2D eigenvalue weighted by molar-refractivity contribution is 5.81. The Balaban J connectivity index is 2.60. The van der Waals surface area contributed by atoms with E-state index in [1.807, 2.05) is 13.8 Å². The van der Waals surface area contributed by atoms with Crippen molar-refractivity contribution in [3.63, 3.8) is 0 Å². The van der Waals surface area contributed by atoms with Gasteiger partial charge in [-0.25, -0.2) is 4.39 Å². The van der Waals surface area contributed by atoms with Crippen molar-refractivity contribution >= 4 is 5.91 Å². The van der Waals surface area contributed by atoms with E-state index < -0.39 is 6.04 Å². The van der Waals surface area contributed by atoms with Gasteiger partial charge >= 0.3 is 0 Å². The minimum absolute atomic E-state index is 0.191. The molecule has 0 saturated carbocycles. The zero-order chi connectivity index (χ0) is 12.8. The molecule has 3 N–H and O–H groups in total. The second-order valence-electron chi connectivity index (χ2n) is 4.18. The molecule has 0 fully saturated rings. The van der Waals surface area contributed by atoms with Crippen molar-refractivity contribution in [2.24, 2.45) is 5.73 Å². The summed E-state index contributed by atoms with van der Waals surface area (Å²) in [5.41, 5.74) is 6.44. The van der Waals surface area contributed by atoms with Crippen molar-refractivity contribution in [2.45, 2.75) is 38.8 Å². The molecule has 2 atom stereocenters. The van der Waals surface area contributed by atoms with E-state index in [4.69, 9.17) is 5.73 Å². The topological polar surface area (TPSA) is 55.1 Å². The molecule has 0 saturated heterocycles. The van der Waals surface area contributed by atoms with Gasteiger partial charge in [0, 0.05) is 0 Å². The lowest BCUT2D eigenvalue weighted by molar-refractivity contribution is -0.123. The first kappa shape index (κ1) is 13.6. The highest BCUT2D eigenvalue weighted by Gasteiger charge is 2.15. The van der Waals surface area contributed by atoms with E-state index >= 15 is 0 Å². The average molecular weight is 238 g/mol. The molecule has 0 aliphatic heterocycles. The minimum atomic E-state index is -0.490. The highest BCUT2D eigenvalue weighted by atomic mass is 19.1. The lowest BCUT2D eigenvalue weighted by Crippen LogP contribution is -2.41. The molecule has 0 aliphatic carbocycles. The SMILES string of the molecule is CCC[C@@H](N)C(=O)N[C@H](C)c1cccc(F)c1. The van der Waals surface area contributed by atoms with E-state index in [2.05, 4.69) is 5.32 Å². The average Bonchev–Trinajstić information content (AvgIpc) is 2.29. The Kier molecular flexibility index (Phi) is 5.10. The quantitative estimate of drug-likeness (QED) is 0.825. The largest absolute Gasteiger partial charge is 0.348 e. The Bertz CT molecular complexity index is 381. The van der Waals surface area contributed by atoms with Gasteiger partial charge < -0.3 is 11.1 Å². The molecule has 1 amide bonds. The van der Waals surface area contributed by atoms with Crippen molar-refractivity contribution in [2.75, 3.05) is 0 Å². The van der Waals surface area contributed by atoms with E-state index in [-0.39, 0.29) is 17.8 Å². The van der Waals surface area contributed by atoms with Crippen LogP contribution in [0, 0.1) is 5.82 Å². The Morgan fingerprint density at radius 1 is 1.53 bits per heavy atom. The number of hydrogen-bond donors (Lipinski definition) is 2. The summed E-state index contributed by atoms with van der Waals surface area (Å²) < 4.78 is 13.0. The number of carbonyl (C=O) groups is 1. The molecule has 1 aromatic rings. The Hall–Kier alpha value is -1.42. The first-order valence-corrected chi connectivity index (χ1v) is 5.86. The van der Waals surface area contributed by atoms with Gasteiger partial charge in [0.25, 0.3) is 0 Å². The van der Waals surface area contributed by atoms with Crippen LogP contribution < -0.4 is 11.1 Å². The van der Waals surface area contributed by atoms with E-state index in [1.165, 1.54) is 12.1 Å². The van der Waals surface area contributed by atoms with Gasteiger partial charge in [-0.1, -0.05) is 25.5 Å². The van der Waals surface area contributed by atoms with Gasteiger partial charge in [-0.05, 0) is 31.0 Å². The van der Waals surface area contributed by atoms with Crippen LogP contribution >= 0.6 is 0 Å². The van der Waals surface area contributed by atoms with Crippen LogP contribution in [0.3, 0.4) is 0 Å². The number of rotatable bonds is 5. The number of benzene rings is 1. The van der Waals surface area contributed by atoms with E-state index in [9.17, 15) is 9.18 Å². The van der Waals surface area contributed by atoms with Gasteiger partial charge in [0.2, 0.25) is 5.91 Å². The maximum Gasteiger partial charge on any atom is 0.237 e. The predicted octanol–water partition coefficient (Wildman–Crippen LogP) is 2.13.